The molecule has 0 unspecified atom stereocenters. The lowest BCUT2D eigenvalue weighted by Crippen LogP contribution is -2.27. The molecule has 3 heterocycles. The topological polar surface area (TPSA) is 68.0 Å². The van der Waals surface area contributed by atoms with Gasteiger partial charge >= 0.3 is 5.69 Å². The molecular weight excluding hydrogens is 362 g/mol. The molecule has 0 aliphatic heterocycles. The number of imidazole rings is 1. The Morgan fingerprint density at radius 1 is 1.31 bits per heavy atom. The van der Waals surface area contributed by atoms with Crippen LogP contribution in [0, 0.1) is 5.92 Å². The van der Waals surface area contributed by atoms with Gasteiger partial charge < -0.3 is 4.98 Å². The smallest absolute Gasteiger partial charge is 0.329 e. The van der Waals surface area contributed by atoms with E-state index in [-0.39, 0.29) is 11.7 Å². The van der Waals surface area contributed by atoms with Crippen molar-refractivity contribution >= 4 is 28.3 Å². The molecule has 0 radical (unpaired) electrons. The van der Waals surface area contributed by atoms with E-state index in [1.54, 1.807) is 12.4 Å². The molecule has 0 aliphatic rings. The number of aromatic nitrogens is 4. The molecule has 3 aromatic heterocycles. The third kappa shape index (κ3) is 4.11. The minimum atomic E-state index is -0.0128. The lowest BCUT2D eigenvalue weighted by Gasteiger charge is -2.11. The van der Waals surface area contributed by atoms with E-state index in [2.05, 4.69) is 48.7 Å². The lowest BCUT2D eigenvalue weighted by molar-refractivity contribution is 0.516. The van der Waals surface area contributed by atoms with E-state index < -0.39 is 0 Å². The van der Waals surface area contributed by atoms with E-state index in [4.69, 9.17) is 0 Å². The average molecular weight is 394 g/mol. The summed E-state index contributed by atoms with van der Waals surface area (Å²) >= 11 is 0. The molecule has 0 spiro atoms. The Morgan fingerprint density at radius 3 is 2.79 bits per heavy atom. The summed E-state index contributed by atoms with van der Waals surface area (Å²) in [7, 11) is 0. The maximum Gasteiger partial charge on any atom is 0.329 e. The highest BCUT2D eigenvalue weighted by Crippen LogP contribution is 2.26. The van der Waals surface area contributed by atoms with Crippen LogP contribution in [0.25, 0.3) is 22.1 Å². The SMILES string of the molecule is C\C=C/C=N\C(=C/[C@H](C)CC)Cn1c(=O)n([C@@H](C)CC)c2c3cc[nH]c3ncc21. The molecule has 1 N–H and O–H groups in total. The van der Waals surface area contributed by atoms with E-state index >= 15 is 0 Å². The molecule has 154 valence electrons. The first-order valence-corrected chi connectivity index (χ1v) is 10.4. The number of hydrogen-bond donors (Lipinski definition) is 1. The summed E-state index contributed by atoms with van der Waals surface area (Å²) in [4.78, 5) is 25.8. The number of fused-ring (bicyclic) bond motifs is 3. The maximum atomic E-state index is 13.5. The van der Waals surface area contributed by atoms with Crippen LogP contribution in [-0.2, 0) is 6.54 Å². The molecule has 2 atom stereocenters. The molecule has 29 heavy (non-hydrogen) atoms. The van der Waals surface area contributed by atoms with Gasteiger partial charge in [-0.15, -0.1) is 0 Å². The van der Waals surface area contributed by atoms with Gasteiger partial charge in [-0.2, -0.15) is 0 Å². The molecule has 0 bridgehead atoms. The molecule has 6 nitrogen and oxygen atoms in total. The molecule has 0 fully saturated rings. The van der Waals surface area contributed by atoms with Crippen LogP contribution >= 0.6 is 0 Å². The minimum Gasteiger partial charge on any atom is -0.346 e. The quantitative estimate of drug-likeness (QED) is 0.533. The molecule has 0 aliphatic carbocycles. The number of H-pyrrole nitrogens is 1. The molecule has 0 saturated carbocycles. The second-order valence-corrected chi connectivity index (χ2v) is 7.58. The molecular formula is C23H31N5O. The maximum absolute atomic E-state index is 13.5. The van der Waals surface area contributed by atoms with Crippen LogP contribution in [0.5, 0.6) is 0 Å². The van der Waals surface area contributed by atoms with Crippen molar-refractivity contribution in [2.24, 2.45) is 10.9 Å². The number of hydrogen-bond acceptors (Lipinski definition) is 3. The number of nitrogens with one attached hydrogen (secondary N) is 1. The van der Waals surface area contributed by atoms with Crippen LogP contribution in [0.15, 0.2) is 52.2 Å². The van der Waals surface area contributed by atoms with Crippen molar-refractivity contribution in [2.45, 2.75) is 60.0 Å². The van der Waals surface area contributed by atoms with Crippen molar-refractivity contribution in [3.8, 4) is 0 Å². The van der Waals surface area contributed by atoms with Crippen molar-refractivity contribution in [2.75, 3.05) is 0 Å². The van der Waals surface area contributed by atoms with Crippen LogP contribution in [-0.4, -0.2) is 25.3 Å². The van der Waals surface area contributed by atoms with Crippen molar-refractivity contribution in [3.05, 3.63) is 52.9 Å². The normalized spacial score (nSPS) is 15.3. The van der Waals surface area contributed by atoms with Crippen molar-refractivity contribution in [3.63, 3.8) is 0 Å². The first kappa shape index (κ1) is 20.8. The van der Waals surface area contributed by atoms with Crippen molar-refractivity contribution in [1.82, 2.24) is 19.1 Å². The largest absolute Gasteiger partial charge is 0.346 e. The number of aromatic amines is 1. The zero-order valence-corrected chi connectivity index (χ0v) is 18.0. The van der Waals surface area contributed by atoms with Gasteiger partial charge in [-0.3, -0.25) is 14.1 Å². The highest BCUT2D eigenvalue weighted by molar-refractivity contribution is 6.01. The Bertz CT molecular complexity index is 1130. The third-order valence-electron chi connectivity index (χ3n) is 5.50. The van der Waals surface area contributed by atoms with Crippen molar-refractivity contribution < 1.29 is 0 Å². The highest BCUT2D eigenvalue weighted by atomic mass is 16.1. The second kappa shape index (κ2) is 9.07. The summed E-state index contributed by atoms with van der Waals surface area (Å²) < 4.78 is 3.71. The van der Waals surface area contributed by atoms with Gasteiger partial charge in [0.1, 0.15) is 5.65 Å². The Balaban J connectivity index is 2.21. The zero-order chi connectivity index (χ0) is 21.0. The summed E-state index contributed by atoms with van der Waals surface area (Å²) in [5.74, 6) is 0.390. The summed E-state index contributed by atoms with van der Waals surface area (Å²) in [5, 5.41) is 0.975. The van der Waals surface area contributed by atoms with Gasteiger partial charge in [0, 0.05) is 23.8 Å². The Morgan fingerprint density at radius 2 is 2.10 bits per heavy atom. The van der Waals surface area contributed by atoms with Crippen LogP contribution in [0.3, 0.4) is 0 Å². The number of rotatable bonds is 8. The predicted octanol–water partition coefficient (Wildman–Crippen LogP) is 5.23. The Labute approximate surface area is 171 Å². The fourth-order valence-electron chi connectivity index (χ4n) is 3.48. The molecule has 0 saturated heterocycles. The summed E-state index contributed by atoms with van der Waals surface area (Å²) in [6.07, 6.45) is 13.4. The van der Waals surface area contributed by atoms with Gasteiger partial charge in [0.25, 0.3) is 0 Å². The monoisotopic (exact) mass is 393 g/mol. The number of nitrogens with zero attached hydrogens (tertiary/aromatic N) is 4. The molecule has 0 aromatic carbocycles. The Hall–Kier alpha value is -2.89. The Kier molecular flexibility index (Phi) is 6.52. The van der Waals surface area contributed by atoms with Crippen LogP contribution in [0.4, 0.5) is 0 Å². The van der Waals surface area contributed by atoms with Gasteiger partial charge in [-0.25, -0.2) is 9.78 Å². The fraction of sp³-hybridized carbons (Fsp3) is 0.435. The van der Waals surface area contributed by atoms with Gasteiger partial charge in [-0.05, 0) is 38.3 Å². The summed E-state index contributed by atoms with van der Waals surface area (Å²) in [6.45, 7) is 10.9. The average Bonchev–Trinajstić information content (AvgIpc) is 3.30. The first-order chi connectivity index (χ1) is 14.0. The highest BCUT2D eigenvalue weighted by Gasteiger charge is 2.20. The number of aliphatic imine (C=N–C) groups is 1. The lowest BCUT2D eigenvalue weighted by atomic mass is 10.1. The number of allylic oxidation sites excluding steroid dienone is 4. The third-order valence-corrected chi connectivity index (χ3v) is 5.50. The fourth-order valence-corrected chi connectivity index (χ4v) is 3.48. The van der Waals surface area contributed by atoms with Gasteiger partial charge in [0.05, 0.1) is 29.5 Å². The number of pyridine rings is 1. The predicted molar refractivity (Wildman–Crippen MR) is 122 cm³/mol. The van der Waals surface area contributed by atoms with E-state index in [1.807, 2.05) is 40.5 Å². The van der Waals surface area contributed by atoms with Crippen LogP contribution < -0.4 is 5.69 Å². The van der Waals surface area contributed by atoms with E-state index in [0.29, 0.717) is 12.5 Å². The molecule has 0 amide bonds. The van der Waals surface area contributed by atoms with Gasteiger partial charge in [0.2, 0.25) is 0 Å². The summed E-state index contributed by atoms with van der Waals surface area (Å²) in [6, 6.07) is 2.09. The summed E-state index contributed by atoms with van der Waals surface area (Å²) in [5.41, 5.74) is 3.46. The standard InChI is InChI=1S/C23H31N5O/c1-6-9-11-24-18(13-16(4)7-2)15-27-20-14-26-22-19(10-12-25-22)21(20)28(23(27)29)17(5)8-3/h6,9-14,16-17H,7-8,15H2,1-5H3,(H,25,26)/b9-6-,18-13-,24-11-/t16-,17+/m1/s1. The van der Waals surface area contributed by atoms with Crippen LogP contribution in [0.1, 0.15) is 53.5 Å². The van der Waals surface area contributed by atoms with E-state index in [9.17, 15) is 4.79 Å². The van der Waals surface area contributed by atoms with Gasteiger partial charge in [-0.1, -0.05) is 39.3 Å². The first-order valence-electron chi connectivity index (χ1n) is 10.4. The van der Waals surface area contributed by atoms with Gasteiger partial charge in [0.15, 0.2) is 0 Å². The van der Waals surface area contributed by atoms with Crippen molar-refractivity contribution in [1.29, 1.82) is 0 Å². The van der Waals surface area contributed by atoms with E-state index in [0.717, 1.165) is 40.6 Å². The van der Waals surface area contributed by atoms with E-state index in [1.165, 1.54) is 0 Å². The molecule has 6 heteroatoms. The second-order valence-electron chi connectivity index (χ2n) is 7.58. The molecule has 3 rings (SSSR count). The van der Waals surface area contributed by atoms with Crippen LogP contribution in [0.2, 0.25) is 0 Å². The molecule has 3 aromatic rings. The zero-order valence-electron chi connectivity index (χ0n) is 18.0. The minimum absolute atomic E-state index is 0.0128.